The van der Waals surface area contributed by atoms with E-state index in [9.17, 15) is 9.59 Å². The molecule has 0 unspecified atom stereocenters. The fourth-order valence-corrected chi connectivity index (χ4v) is 3.30. The molecule has 1 amide bonds. The maximum atomic E-state index is 12.3. The Bertz CT molecular complexity index is 711. The van der Waals surface area contributed by atoms with Gasteiger partial charge in [-0.05, 0) is 18.2 Å². The van der Waals surface area contributed by atoms with Crippen LogP contribution >= 0.6 is 11.8 Å². The number of nitrogens with zero attached hydrogens (tertiary/aromatic N) is 3. The molecule has 0 aliphatic carbocycles. The van der Waals surface area contributed by atoms with E-state index in [1.165, 1.54) is 23.6 Å². The van der Waals surface area contributed by atoms with Crippen molar-refractivity contribution in [2.45, 2.75) is 5.03 Å². The maximum Gasteiger partial charge on any atom is 0.345 e. The van der Waals surface area contributed by atoms with Crippen LogP contribution in [0.2, 0.25) is 0 Å². The topological polar surface area (TPSA) is 69.3 Å². The number of benzene rings is 1. The monoisotopic (exact) mass is 330 g/mol. The molecule has 0 bridgehead atoms. The van der Waals surface area contributed by atoms with E-state index in [0.29, 0.717) is 10.8 Å². The highest BCUT2D eigenvalue weighted by atomic mass is 32.2. The van der Waals surface area contributed by atoms with Crippen molar-refractivity contribution in [3.63, 3.8) is 0 Å². The summed E-state index contributed by atoms with van der Waals surface area (Å²) in [6.07, 6.45) is 1.45. The molecule has 0 spiro atoms. The fraction of sp³-hybridized carbons (Fsp3) is 0.312. The fourth-order valence-electron chi connectivity index (χ4n) is 2.52. The first kappa shape index (κ1) is 15.6. The average Bonchev–Trinajstić information content (AvgIpc) is 2.61. The van der Waals surface area contributed by atoms with Gasteiger partial charge in [-0.15, -0.1) is 0 Å². The summed E-state index contributed by atoms with van der Waals surface area (Å²) in [6.45, 7) is 3.13. The van der Waals surface area contributed by atoms with Crippen LogP contribution in [0.4, 0.5) is 5.69 Å². The third-order valence-electron chi connectivity index (χ3n) is 3.75. The van der Waals surface area contributed by atoms with Crippen molar-refractivity contribution in [1.29, 1.82) is 0 Å². The third-order valence-corrected chi connectivity index (χ3v) is 4.69. The number of carbonyl (C=O) groups excluding carboxylic acids is 1. The normalized spacial score (nSPS) is 14.8. The summed E-state index contributed by atoms with van der Waals surface area (Å²) in [6, 6.07) is 11.9. The summed E-state index contributed by atoms with van der Waals surface area (Å²) in [5.41, 5.74) is 0.808. The van der Waals surface area contributed by atoms with E-state index in [0.717, 1.165) is 26.2 Å². The zero-order chi connectivity index (χ0) is 16.1. The number of H-pyrrole nitrogens is 1. The van der Waals surface area contributed by atoms with E-state index in [4.69, 9.17) is 0 Å². The Hall–Kier alpha value is -2.28. The van der Waals surface area contributed by atoms with Gasteiger partial charge in [-0.2, -0.15) is 0 Å². The number of hydrogen-bond donors (Lipinski definition) is 1. The van der Waals surface area contributed by atoms with Gasteiger partial charge in [-0.25, -0.2) is 9.78 Å². The van der Waals surface area contributed by atoms with E-state index in [1.54, 1.807) is 6.07 Å². The average molecular weight is 330 g/mol. The standard InChI is InChI=1S/C16H18N4O2S/c21-15(12-23-14-6-7-17-16(22)18-14)20-10-8-19(9-11-20)13-4-2-1-3-5-13/h1-7H,8-12H2,(H,17,18,22). The molecule has 0 atom stereocenters. The predicted molar refractivity (Wildman–Crippen MR) is 90.8 cm³/mol. The van der Waals surface area contributed by atoms with Gasteiger partial charge < -0.3 is 14.8 Å². The van der Waals surface area contributed by atoms with Gasteiger partial charge >= 0.3 is 5.69 Å². The van der Waals surface area contributed by atoms with Crippen LogP contribution in [-0.4, -0.2) is 52.7 Å². The molecular formula is C16H18N4O2S. The van der Waals surface area contributed by atoms with Crippen LogP contribution in [0, 0.1) is 0 Å². The Morgan fingerprint density at radius 3 is 2.57 bits per heavy atom. The van der Waals surface area contributed by atoms with Crippen LogP contribution in [0.5, 0.6) is 0 Å². The second-order valence-corrected chi connectivity index (χ2v) is 6.25. The van der Waals surface area contributed by atoms with E-state index >= 15 is 0 Å². The molecule has 0 radical (unpaired) electrons. The minimum absolute atomic E-state index is 0.0976. The second kappa shape index (κ2) is 7.32. The molecule has 0 saturated carbocycles. The number of nitrogens with one attached hydrogen (secondary N) is 1. The first-order valence-electron chi connectivity index (χ1n) is 7.48. The summed E-state index contributed by atoms with van der Waals surface area (Å²) in [5.74, 6) is 0.422. The van der Waals surface area contributed by atoms with Gasteiger partial charge in [0, 0.05) is 38.1 Å². The molecule has 2 aromatic rings. The van der Waals surface area contributed by atoms with Crippen LogP contribution in [-0.2, 0) is 4.79 Å². The van der Waals surface area contributed by atoms with Crippen molar-refractivity contribution < 1.29 is 4.79 Å². The highest BCUT2D eigenvalue weighted by Gasteiger charge is 2.21. The summed E-state index contributed by atoms with van der Waals surface area (Å²) in [4.78, 5) is 33.8. The van der Waals surface area contributed by atoms with Crippen LogP contribution in [0.1, 0.15) is 0 Å². The molecule has 120 valence electrons. The predicted octanol–water partition coefficient (Wildman–Crippen LogP) is 1.21. The van der Waals surface area contributed by atoms with E-state index in [-0.39, 0.29) is 11.6 Å². The number of para-hydroxylation sites is 1. The summed E-state index contributed by atoms with van der Waals surface area (Å²) in [5, 5.41) is 0.668. The molecule has 1 aromatic heterocycles. The van der Waals surface area contributed by atoms with Gasteiger partial charge in [0.15, 0.2) is 0 Å². The van der Waals surface area contributed by atoms with E-state index in [1.807, 2.05) is 23.1 Å². The number of anilines is 1. The molecule has 6 nitrogen and oxygen atoms in total. The van der Waals surface area contributed by atoms with Crippen molar-refractivity contribution in [2.75, 3.05) is 36.8 Å². The molecule has 1 aliphatic rings. The summed E-state index contributed by atoms with van der Waals surface area (Å²) >= 11 is 1.33. The molecule has 1 aliphatic heterocycles. The lowest BCUT2D eigenvalue weighted by molar-refractivity contribution is -0.128. The van der Waals surface area contributed by atoms with Gasteiger partial charge in [0.25, 0.3) is 0 Å². The highest BCUT2D eigenvalue weighted by molar-refractivity contribution is 7.99. The maximum absolute atomic E-state index is 12.3. The van der Waals surface area contributed by atoms with Crippen molar-refractivity contribution in [3.8, 4) is 0 Å². The van der Waals surface area contributed by atoms with Crippen molar-refractivity contribution in [2.24, 2.45) is 0 Å². The van der Waals surface area contributed by atoms with Gasteiger partial charge in [-0.3, -0.25) is 4.79 Å². The quantitative estimate of drug-likeness (QED) is 0.674. The molecule has 23 heavy (non-hydrogen) atoms. The van der Waals surface area contributed by atoms with Gasteiger partial charge in [0.05, 0.1) is 10.8 Å². The lowest BCUT2D eigenvalue weighted by Gasteiger charge is -2.36. The number of rotatable bonds is 4. The number of amides is 1. The summed E-state index contributed by atoms with van der Waals surface area (Å²) < 4.78 is 0. The third kappa shape index (κ3) is 4.13. The van der Waals surface area contributed by atoms with E-state index < -0.39 is 0 Å². The SMILES string of the molecule is O=C(CSc1ccnc(=O)[nH]1)N1CCN(c2ccccc2)CC1. The molecule has 1 saturated heterocycles. The smallest absolute Gasteiger partial charge is 0.345 e. The number of piperazine rings is 1. The minimum Gasteiger partial charge on any atom is -0.368 e. The largest absolute Gasteiger partial charge is 0.368 e. The molecular weight excluding hydrogens is 312 g/mol. The number of aromatic nitrogens is 2. The first-order valence-corrected chi connectivity index (χ1v) is 8.47. The zero-order valence-electron chi connectivity index (χ0n) is 12.6. The molecule has 7 heteroatoms. The first-order chi connectivity index (χ1) is 11.2. The molecule has 1 aromatic carbocycles. The highest BCUT2D eigenvalue weighted by Crippen LogP contribution is 2.17. The van der Waals surface area contributed by atoms with Crippen molar-refractivity contribution in [3.05, 3.63) is 53.1 Å². The molecule has 1 fully saturated rings. The Kier molecular flexibility index (Phi) is 4.97. The van der Waals surface area contributed by atoms with Gasteiger partial charge in [-0.1, -0.05) is 30.0 Å². The minimum atomic E-state index is -0.390. The number of hydrogen-bond acceptors (Lipinski definition) is 5. The van der Waals surface area contributed by atoms with Crippen LogP contribution in [0.15, 0.2) is 52.4 Å². The van der Waals surface area contributed by atoms with Crippen LogP contribution < -0.4 is 10.6 Å². The zero-order valence-corrected chi connectivity index (χ0v) is 13.5. The Balaban J connectivity index is 1.49. The Morgan fingerprint density at radius 2 is 1.87 bits per heavy atom. The summed E-state index contributed by atoms with van der Waals surface area (Å²) in [7, 11) is 0. The van der Waals surface area contributed by atoms with E-state index in [2.05, 4.69) is 27.0 Å². The lowest BCUT2D eigenvalue weighted by atomic mass is 10.2. The Labute approximate surface area is 138 Å². The molecule has 2 heterocycles. The number of thioether (sulfide) groups is 1. The molecule has 1 N–H and O–H groups in total. The van der Waals surface area contributed by atoms with Crippen LogP contribution in [0.25, 0.3) is 0 Å². The van der Waals surface area contributed by atoms with Gasteiger partial charge in [0.1, 0.15) is 0 Å². The van der Waals surface area contributed by atoms with Crippen molar-refractivity contribution >= 4 is 23.4 Å². The van der Waals surface area contributed by atoms with Crippen molar-refractivity contribution in [1.82, 2.24) is 14.9 Å². The van der Waals surface area contributed by atoms with Crippen LogP contribution in [0.3, 0.4) is 0 Å². The number of carbonyl (C=O) groups is 1. The van der Waals surface area contributed by atoms with Gasteiger partial charge in [0.2, 0.25) is 5.91 Å². The lowest BCUT2D eigenvalue weighted by Crippen LogP contribution is -2.49. The molecule has 3 rings (SSSR count). The number of aromatic amines is 1. The second-order valence-electron chi connectivity index (χ2n) is 5.23. The Morgan fingerprint density at radius 1 is 1.13 bits per heavy atom.